The van der Waals surface area contributed by atoms with Gasteiger partial charge in [0.15, 0.2) is 6.07 Å². The molecule has 13 heavy (non-hydrogen) atoms. The first-order valence-electron chi connectivity index (χ1n) is 3.57. The Labute approximate surface area is 75.2 Å². The van der Waals surface area contributed by atoms with Crippen LogP contribution in [0.25, 0.3) is 0 Å². The van der Waals surface area contributed by atoms with E-state index in [4.69, 9.17) is 10.4 Å². The van der Waals surface area contributed by atoms with Crippen LogP contribution >= 0.6 is 0 Å². The SMILES string of the molecule is N#CC#Cc1ccc(CO)c(F)c1. The Morgan fingerprint density at radius 1 is 1.46 bits per heavy atom. The minimum atomic E-state index is -0.507. The zero-order valence-electron chi connectivity index (χ0n) is 6.71. The normalized spacial score (nSPS) is 8.38. The number of hydrogen-bond donors (Lipinski definition) is 1. The van der Waals surface area contributed by atoms with Gasteiger partial charge in [-0.05, 0) is 12.1 Å². The molecule has 0 amide bonds. The lowest BCUT2D eigenvalue weighted by Gasteiger charge is -1.97. The third-order valence-corrected chi connectivity index (χ3v) is 1.49. The van der Waals surface area contributed by atoms with Crippen LogP contribution in [0.2, 0.25) is 0 Å². The fourth-order valence-corrected chi connectivity index (χ4v) is 0.853. The molecule has 1 N–H and O–H groups in total. The lowest BCUT2D eigenvalue weighted by atomic mass is 10.1. The van der Waals surface area contributed by atoms with Gasteiger partial charge < -0.3 is 5.11 Å². The van der Waals surface area contributed by atoms with Gasteiger partial charge in [-0.15, -0.1) is 0 Å². The van der Waals surface area contributed by atoms with E-state index in [1.807, 2.05) is 0 Å². The molecule has 1 rings (SSSR count). The first kappa shape index (κ1) is 9.25. The summed E-state index contributed by atoms with van der Waals surface area (Å²) >= 11 is 0. The van der Waals surface area contributed by atoms with Gasteiger partial charge in [-0.1, -0.05) is 12.0 Å². The molecule has 0 saturated carbocycles. The molecule has 0 fully saturated rings. The van der Waals surface area contributed by atoms with Crippen molar-refractivity contribution in [2.24, 2.45) is 0 Å². The molecular weight excluding hydrogens is 169 g/mol. The highest BCUT2D eigenvalue weighted by atomic mass is 19.1. The van der Waals surface area contributed by atoms with E-state index in [1.54, 1.807) is 12.1 Å². The summed E-state index contributed by atoms with van der Waals surface area (Å²) in [5, 5.41) is 16.8. The van der Waals surface area contributed by atoms with E-state index in [1.165, 1.54) is 12.1 Å². The molecule has 1 aromatic rings. The zero-order valence-corrected chi connectivity index (χ0v) is 6.71. The summed E-state index contributed by atoms with van der Waals surface area (Å²) in [5.74, 6) is 4.10. The number of halogens is 1. The van der Waals surface area contributed by atoms with E-state index < -0.39 is 5.82 Å². The second-order valence-electron chi connectivity index (χ2n) is 2.33. The summed E-state index contributed by atoms with van der Waals surface area (Å²) in [6.07, 6.45) is 0. The van der Waals surface area contributed by atoms with E-state index in [2.05, 4.69) is 11.8 Å². The molecule has 0 spiro atoms. The summed E-state index contributed by atoms with van der Waals surface area (Å²) in [6, 6.07) is 5.82. The number of benzene rings is 1. The molecule has 1 aromatic carbocycles. The molecule has 0 aliphatic heterocycles. The average Bonchev–Trinajstić information content (AvgIpc) is 2.15. The maximum absolute atomic E-state index is 13.0. The first-order valence-corrected chi connectivity index (χ1v) is 3.57. The maximum atomic E-state index is 13.0. The van der Waals surface area contributed by atoms with Crippen molar-refractivity contribution >= 4 is 0 Å². The number of nitriles is 1. The largest absolute Gasteiger partial charge is 0.392 e. The maximum Gasteiger partial charge on any atom is 0.152 e. The predicted octanol–water partition coefficient (Wildman–Crippen LogP) is 1.19. The molecule has 0 bridgehead atoms. The number of rotatable bonds is 1. The van der Waals surface area contributed by atoms with Crippen molar-refractivity contribution in [1.29, 1.82) is 5.26 Å². The van der Waals surface area contributed by atoms with Crippen LogP contribution in [0.5, 0.6) is 0 Å². The van der Waals surface area contributed by atoms with Gasteiger partial charge in [0.05, 0.1) is 6.61 Å². The Morgan fingerprint density at radius 2 is 2.23 bits per heavy atom. The second kappa shape index (κ2) is 4.25. The van der Waals surface area contributed by atoms with Gasteiger partial charge in [0.25, 0.3) is 0 Å². The van der Waals surface area contributed by atoms with E-state index in [-0.39, 0.29) is 12.2 Å². The van der Waals surface area contributed by atoms with Crippen molar-refractivity contribution < 1.29 is 9.50 Å². The zero-order chi connectivity index (χ0) is 9.68. The molecule has 0 aliphatic carbocycles. The molecule has 0 aliphatic rings. The second-order valence-corrected chi connectivity index (χ2v) is 2.33. The molecule has 0 saturated heterocycles. The molecule has 0 unspecified atom stereocenters. The fraction of sp³-hybridized carbons (Fsp3) is 0.100. The summed E-state index contributed by atoms with van der Waals surface area (Å²) < 4.78 is 13.0. The molecule has 0 radical (unpaired) electrons. The Kier molecular flexibility index (Phi) is 3.03. The summed E-state index contributed by atoms with van der Waals surface area (Å²) in [5.41, 5.74) is 0.652. The summed E-state index contributed by atoms with van der Waals surface area (Å²) in [7, 11) is 0. The Balaban J connectivity index is 3.04. The van der Waals surface area contributed by atoms with Crippen molar-refractivity contribution in [1.82, 2.24) is 0 Å². The van der Waals surface area contributed by atoms with E-state index in [9.17, 15) is 4.39 Å². The van der Waals surface area contributed by atoms with Crippen LogP contribution in [0, 0.1) is 29.0 Å². The first-order chi connectivity index (χ1) is 6.27. The Morgan fingerprint density at radius 3 is 2.77 bits per heavy atom. The van der Waals surface area contributed by atoms with Crippen molar-refractivity contribution in [3.63, 3.8) is 0 Å². The molecular formula is C10H6FNO. The van der Waals surface area contributed by atoms with Crippen LogP contribution in [0.1, 0.15) is 11.1 Å². The van der Waals surface area contributed by atoms with Gasteiger partial charge in [-0.3, -0.25) is 0 Å². The standard InChI is InChI=1S/C10H6FNO/c11-10-6-8(2-1-5-12)3-4-9(10)7-13/h3-4,6,13H,7H2. The third kappa shape index (κ3) is 2.30. The van der Waals surface area contributed by atoms with Gasteiger partial charge >= 0.3 is 0 Å². The van der Waals surface area contributed by atoms with Crippen molar-refractivity contribution in [3.8, 4) is 17.9 Å². The molecule has 3 heteroatoms. The van der Waals surface area contributed by atoms with Gasteiger partial charge in [0, 0.05) is 17.0 Å². The van der Waals surface area contributed by atoms with Crippen molar-refractivity contribution in [2.75, 3.05) is 0 Å². The van der Waals surface area contributed by atoms with Crippen LogP contribution in [0.3, 0.4) is 0 Å². The quantitative estimate of drug-likeness (QED) is 0.651. The minimum Gasteiger partial charge on any atom is -0.392 e. The van der Waals surface area contributed by atoms with Crippen LogP contribution in [0.4, 0.5) is 4.39 Å². The average molecular weight is 175 g/mol. The number of nitrogens with zero attached hydrogens (tertiary/aromatic N) is 1. The van der Waals surface area contributed by atoms with Crippen molar-refractivity contribution in [2.45, 2.75) is 6.61 Å². The third-order valence-electron chi connectivity index (χ3n) is 1.49. The molecule has 2 nitrogen and oxygen atoms in total. The molecule has 0 aromatic heterocycles. The number of aliphatic hydroxyl groups is 1. The predicted molar refractivity (Wildman–Crippen MR) is 44.8 cm³/mol. The highest BCUT2D eigenvalue weighted by molar-refractivity contribution is 5.39. The molecule has 0 atom stereocenters. The highest BCUT2D eigenvalue weighted by Crippen LogP contribution is 2.09. The number of hydrogen-bond acceptors (Lipinski definition) is 2. The lowest BCUT2D eigenvalue weighted by Crippen LogP contribution is -1.89. The van der Waals surface area contributed by atoms with E-state index >= 15 is 0 Å². The number of aliphatic hydroxyl groups excluding tert-OH is 1. The fourth-order valence-electron chi connectivity index (χ4n) is 0.853. The summed E-state index contributed by atoms with van der Waals surface area (Å²) in [6.45, 7) is -0.336. The van der Waals surface area contributed by atoms with Gasteiger partial charge in [-0.2, -0.15) is 5.26 Å². The highest BCUT2D eigenvalue weighted by Gasteiger charge is 1.99. The molecule has 0 heterocycles. The Hall–Kier alpha value is -1.84. The van der Waals surface area contributed by atoms with Crippen LogP contribution < -0.4 is 0 Å². The summed E-state index contributed by atoms with van der Waals surface area (Å²) in [4.78, 5) is 0. The van der Waals surface area contributed by atoms with E-state index in [0.717, 1.165) is 0 Å². The smallest absolute Gasteiger partial charge is 0.152 e. The molecule has 64 valence electrons. The topological polar surface area (TPSA) is 44.0 Å². The van der Waals surface area contributed by atoms with Gasteiger partial charge in [0.1, 0.15) is 5.82 Å². The van der Waals surface area contributed by atoms with Gasteiger partial charge in [0.2, 0.25) is 0 Å². The monoisotopic (exact) mass is 175 g/mol. The van der Waals surface area contributed by atoms with E-state index in [0.29, 0.717) is 5.56 Å². The van der Waals surface area contributed by atoms with Crippen LogP contribution in [0.15, 0.2) is 18.2 Å². The van der Waals surface area contributed by atoms with Gasteiger partial charge in [-0.25, -0.2) is 4.39 Å². The van der Waals surface area contributed by atoms with Crippen LogP contribution in [-0.4, -0.2) is 5.11 Å². The van der Waals surface area contributed by atoms with Crippen LogP contribution in [-0.2, 0) is 6.61 Å². The van der Waals surface area contributed by atoms with Crippen molar-refractivity contribution in [3.05, 3.63) is 35.1 Å². The lowest BCUT2D eigenvalue weighted by molar-refractivity contribution is 0.275. The minimum absolute atomic E-state index is 0.225. The Bertz CT molecular complexity index is 409.